The second-order valence-electron chi connectivity index (χ2n) is 6.47. The Bertz CT molecular complexity index is 1050. The highest BCUT2D eigenvalue weighted by Crippen LogP contribution is 2.17. The summed E-state index contributed by atoms with van der Waals surface area (Å²) in [5, 5.41) is 10.9. The summed E-state index contributed by atoms with van der Waals surface area (Å²) in [4.78, 5) is 16.9. The van der Waals surface area contributed by atoms with Crippen LogP contribution >= 0.6 is 11.3 Å². The predicted molar refractivity (Wildman–Crippen MR) is 109 cm³/mol. The number of benzene rings is 2. The van der Waals surface area contributed by atoms with E-state index in [-0.39, 0.29) is 23.3 Å². The fourth-order valence-corrected chi connectivity index (χ4v) is 4.11. The van der Waals surface area contributed by atoms with Crippen LogP contribution in [0.2, 0.25) is 0 Å². The van der Waals surface area contributed by atoms with Gasteiger partial charge in [-0.1, -0.05) is 42.5 Å². The first-order valence-electron chi connectivity index (χ1n) is 8.70. The number of sulfonamides is 1. The molecule has 0 fully saturated rings. The molecule has 0 aliphatic carbocycles. The van der Waals surface area contributed by atoms with E-state index in [4.69, 9.17) is 5.14 Å². The average Bonchev–Trinajstić information content (AvgIpc) is 3.08. The van der Waals surface area contributed by atoms with Gasteiger partial charge in [-0.3, -0.25) is 4.79 Å². The Morgan fingerprint density at radius 2 is 1.82 bits per heavy atom. The van der Waals surface area contributed by atoms with Crippen LogP contribution in [0.5, 0.6) is 0 Å². The van der Waals surface area contributed by atoms with Crippen LogP contribution in [0.1, 0.15) is 34.8 Å². The van der Waals surface area contributed by atoms with Crippen molar-refractivity contribution in [2.75, 3.05) is 0 Å². The van der Waals surface area contributed by atoms with Crippen LogP contribution in [0.3, 0.4) is 0 Å². The minimum Gasteiger partial charge on any atom is -0.349 e. The van der Waals surface area contributed by atoms with Gasteiger partial charge in [-0.15, -0.1) is 11.3 Å². The molecule has 3 aromatic rings. The highest BCUT2D eigenvalue weighted by Gasteiger charge is 2.14. The zero-order valence-corrected chi connectivity index (χ0v) is 17.0. The number of nitrogens with two attached hydrogens (primary N) is 1. The molecule has 146 valence electrons. The first kappa shape index (κ1) is 20.2. The predicted octanol–water partition coefficient (Wildman–Crippen LogP) is 2.80. The second-order valence-corrected chi connectivity index (χ2v) is 8.98. The lowest BCUT2D eigenvalue weighted by molar-refractivity contribution is -0.121. The van der Waals surface area contributed by atoms with Crippen molar-refractivity contribution in [2.24, 2.45) is 5.14 Å². The molecule has 3 N–H and O–H groups in total. The molecule has 1 unspecified atom stereocenters. The Hall–Kier alpha value is -2.55. The number of nitrogens with zero attached hydrogens (tertiary/aromatic N) is 1. The molecule has 0 radical (unpaired) electrons. The molecule has 8 heteroatoms. The molecular weight excluding hydrogens is 394 g/mol. The molecule has 2 aromatic carbocycles. The van der Waals surface area contributed by atoms with Crippen LogP contribution < -0.4 is 10.5 Å². The van der Waals surface area contributed by atoms with Gasteiger partial charge in [0.15, 0.2) is 0 Å². The Labute approximate surface area is 168 Å². The summed E-state index contributed by atoms with van der Waals surface area (Å²) >= 11 is 1.55. The van der Waals surface area contributed by atoms with E-state index in [0.29, 0.717) is 0 Å². The Balaban J connectivity index is 1.56. The van der Waals surface area contributed by atoms with Gasteiger partial charge in [0.25, 0.3) is 0 Å². The van der Waals surface area contributed by atoms with Crippen molar-refractivity contribution in [1.29, 1.82) is 0 Å². The van der Waals surface area contributed by atoms with Gasteiger partial charge in [-0.05, 0) is 30.2 Å². The van der Waals surface area contributed by atoms with Crippen molar-refractivity contribution in [3.8, 4) is 0 Å². The summed E-state index contributed by atoms with van der Waals surface area (Å²) in [6.45, 7) is 1.84. The third-order valence-corrected chi connectivity index (χ3v) is 6.05. The SMILES string of the molecule is CC(NC(=O)Cc1csc(Cc2ccccc2)n1)c1ccc(S(N)(=O)=O)cc1. The monoisotopic (exact) mass is 415 g/mol. The molecule has 0 aliphatic heterocycles. The van der Waals surface area contributed by atoms with E-state index in [1.165, 1.54) is 17.7 Å². The number of rotatable bonds is 7. The maximum atomic E-state index is 12.3. The molecule has 1 atom stereocenters. The molecule has 28 heavy (non-hydrogen) atoms. The molecule has 0 saturated heterocycles. The van der Waals surface area contributed by atoms with Crippen molar-refractivity contribution in [3.05, 3.63) is 81.8 Å². The summed E-state index contributed by atoms with van der Waals surface area (Å²) in [5.41, 5.74) is 2.72. The lowest BCUT2D eigenvalue weighted by Crippen LogP contribution is -2.28. The maximum absolute atomic E-state index is 12.3. The van der Waals surface area contributed by atoms with Crippen LogP contribution in [0, 0.1) is 0 Å². The van der Waals surface area contributed by atoms with Crippen LogP contribution in [0.25, 0.3) is 0 Å². The highest BCUT2D eigenvalue weighted by atomic mass is 32.2. The first-order valence-corrected chi connectivity index (χ1v) is 11.1. The number of carbonyl (C=O) groups excluding carboxylic acids is 1. The number of thiazole rings is 1. The fraction of sp³-hybridized carbons (Fsp3) is 0.200. The lowest BCUT2D eigenvalue weighted by Gasteiger charge is -2.14. The number of aromatic nitrogens is 1. The summed E-state index contributed by atoms with van der Waals surface area (Å²) in [6, 6.07) is 16.0. The highest BCUT2D eigenvalue weighted by molar-refractivity contribution is 7.89. The van der Waals surface area contributed by atoms with E-state index in [0.717, 1.165) is 22.7 Å². The van der Waals surface area contributed by atoms with E-state index >= 15 is 0 Å². The van der Waals surface area contributed by atoms with Gasteiger partial charge >= 0.3 is 0 Å². The smallest absolute Gasteiger partial charge is 0.238 e. The summed E-state index contributed by atoms with van der Waals surface area (Å²) in [7, 11) is -3.72. The largest absolute Gasteiger partial charge is 0.349 e. The Morgan fingerprint density at radius 1 is 1.14 bits per heavy atom. The van der Waals surface area contributed by atoms with Gasteiger partial charge in [-0.25, -0.2) is 18.5 Å². The van der Waals surface area contributed by atoms with Crippen molar-refractivity contribution < 1.29 is 13.2 Å². The Morgan fingerprint density at radius 3 is 2.46 bits per heavy atom. The van der Waals surface area contributed by atoms with Crippen molar-refractivity contribution in [1.82, 2.24) is 10.3 Å². The van der Waals surface area contributed by atoms with Gasteiger partial charge in [-0.2, -0.15) is 0 Å². The Kier molecular flexibility index (Phi) is 6.23. The lowest BCUT2D eigenvalue weighted by atomic mass is 10.1. The van der Waals surface area contributed by atoms with E-state index < -0.39 is 10.0 Å². The molecule has 1 amide bonds. The normalized spacial score (nSPS) is 12.5. The third-order valence-electron chi connectivity index (χ3n) is 4.23. The van der Waals surface area contributed by atoms with Crippen molar-refractivity contribution in [3.63, 3.8) is 0 Å². The fourth-order valence-electron chi connectivity index (χ4n) is 2.77. The van der Waals surface area contributed by atoms with Gasteiger partial charge < -0.3 is 5.32 Å². The third kappa shape index (κ3) is 5.48. The molecule has 0 saturated carbocycles. The maximum Gasteiger partial charge on any atom is 0.238 e. The number of hydrogen-bond donors (Lipinski definition) is 2. The van der Waals surface area contributed by atoms with Gasteiger partial charge in [0, 0.05) is 11.8 Å². The van der Waals surface area contributed by atoms with E-state index in [1.807, 2.05) is 30.5 Å². The zero-order chi connectivity index (χ0) is 20.1. The second kappa shape index (κ2) is 8.64. The summed E-state index contributed by atoms with van der Waals surface area (Å²) in [5.74, 6) is -0.139. The number of amides is 1. The van der Waals surface area contributed by atoms with Gasteiger partial charge in [0.05, 0.1) is 28.1 Å². The zero-order valence-electron chi connectivity index (χ0n) is 15.3. The molecule has 1 aromatic heterocycles. The van der Waals surface area contributed by atoms with E-state index in [9.17, 15) is 13.2 Å². The quantitative estimate of drug-likeness (QED) is 0.619. The molecule has 1 heterocycles. The molecule has 0 spiro atoms. The molecule has 3 rings (SSSR count). The van der Waals surface area contributed by atoms with Gasteiger partial charge in [0.2, 0.25) is 15.9 Å². The van der Waals surface area contributed by atoms with Crippen molar-refractivity contribution in [2.45, 2.75) is 30.7 Å². The topological polar surface area (TPSA) is 102 Å². The van der Waals surface area contributed by atoms with Crippen LogP contribution in [-0.4, -0.2) is 19.3 Å². The van der Waals surface area contributed by atoms with Crippen molar-refractivity contribution >= 4 is 27.3 Å². The number of carbonyl (C=O) groups is 1. The van der Waals surface area contributed by atoms with Crippen LogP contribution in [0.15, 0.2) is 64.9 Å². The van der Waals surface area contributed by atoms with Gasteiger partial charge in [0.1, 0.15) is 0 Å². The summed E-state index contributed by atoms with van der Waals surface area (Å²) < 4.78 is 22.6. The summed E-state index contributed by atoms with van der Waals surface area (Å²) in [6.07, 6.45) is 0.949. The molecule has 6 nitrogen and oxygen atoms in total. The number of hydrogen-bond acceptors (Lipinski definition) is 5. The number of primary sulfonamides is 1. The minimum atomic E-state index is -3.72. The van der Waals surface area contributed by atoms with E-state index in [2.05, 4.69) is 22.4 Å². The van der Waals surface area contributed by atoms with Crippen LogP contribution in [0.4, 0.5) is 0 Å². The standard InChI is InChI=1S/C20H21N3O3S2/c1-14(16-7-9-18(10-8-16)28(21,25)26)22-19(24)12-17-13-27-20(23-17)11-15-5-3-2-4-6-15/h2-10,13-14H,11-12H2,1H3,(H,22,24)(H2,21,25,26). The number of nitrogens with one attached hydrogen (secondary N) is 1. The molecule has 0 aliphatic rings. The molecule has 0 bridgehead atoms. The van der Waals surface area contributed by atoms with E-state index in [1.54, 1.807) is 23.5 Å². The average molecular weight is 416 g/mol. The molecular formula is C20H21N3O3S2. The minimum absolute atomic E-state index is 0.0446. The van der Waals surface area contributed by atoms with Crippen LogP contribution in [-0.2, 0) is 27.7 Å². The first-order chi connectivity index (χ1) is 13.3.